The molecule has 0 saturated carbocycles. The highest BCUT2D eigenvalue weighted by Crippen LogP contribution is 1.87. The molecule has 0 aromatic rings. The summed E-state index contributed by atoms with van der Waals surface area (Å²) in [6.07, 6.45) is 0. The molecule has 0 radical (unpaired) electrons. The Kier molecular flexibility index (Phi) is 8.48. The van der Waals surface area contributed by atoms with E-state index in [-0.39, 0.29) is 12.4 Å². The molecule has 0 heterocycles. The Morgan fingerprint density at radius 2 is 1.56 bits per heavy atom. The monoisotopic (exact) mass is 151 g/mol. The predicted molar refractivity (Wildman–Crippen MR) is 45.2 cm³/mol. The molecule has 1 N–H and O–H groups in total. The fraction of sp³-hybridized carbons (Fsp3) is 1.00. The van der Waals surface area contributed by atoms with Gasteiger partial charge in [0.25, 0.3) is 0 Å². The first kappa shape index (κ1) is 12.0. The van der Waals surface area contributed by atoms with Gasteiger partial charge in [0, 0.05) is 6.04 Å². The van der Waals surface area contributed by atoms with Crippen LogP contribution in [0, 0.1) is 5.92 Å². The number of nitrogens with one attached hydrogen (secondary N) is 1. The zero-order chi connectivity index (χ0) is 6.57. The van der Waals surface area contributed by atoms with Crippen LogP contribution >= 0.6 is 12.4 Å². The second-order valence-electron chi connectivity index (χ2n) is 2.96. The Bertz CT molecular complexity index is 44.9. The fourth-order valence-electron chi connectivity index (χ4n) is 0.471. The number of halogens is 1. The molecule has 0 amide bonds. The summed E-state index contributed by atoms with van der Waals surface area (Å²) in [6.45, 7) is 9.91. The van der Waals surface area contributed by atoms with Gasteiger partial charge in [-0.2, -0.15) is 0 Å². The molecule has 1 nitrogen and oxygen atoms in total. The summed E-state index contributed by atoms with van der Waals surface area (Å²) in [4.78, 5) is 0. The molecule has 9 heavy (non-hydrogen) atoms. The van der Waals surface area contributed by atoms with Crippen LogP contribution in [-0.2, 0) is 0 Å². The minimum absolute atomic E-state index is 0. The van der Waals surface area contributed by atoms with E-state index in [2.05, 4.69) is 33.0 Å². The molecule has 0 aliphatic rings. The van der Waals surface area contributed by atoms with Gasteiger partial charge in [-0.3, -0.25) is 0 Å². The first-order chi connectivity index (χ1) is 3.63. The van der Waals surface area contributed by atoms with Crippen molar-refractivity contribution in [2.24, 2.45) is 5.92 Å². The van der Waals surface area contributed by atoms with Crippen molar-refractivity contribution in [1.29, 1.82) is 0 Å². The van der Waals surface area contributed by atoms with E-state index in [0.29, 0.717) is 6.04 Å². The van der Waals surface area contributed by atoms with Crippen LogP contribution in [0.25, 0.3) is 0 Å². The lowest BCUT2D eigenvalue weighted by Crippen LogP contribution is -2.26. The first-order valence-corrected chi connectivity index (χ1v) is 3.36. The van der Waals surface area contributed by atoms with Gasteiger partial charge in [0.1, 0.15) is 0 Å². The maximum Gasteiger partial charge on any atom is 0.00104 e. The van der Waals surface area contributed by atoms with Crippen LogP contribution in [0.3, 0.4) is 0 Å². The maximum atomic E-state index is 3.34. The van der Waals surface area contributed by atoms with E-state index in [1.54, 1.807) is 0 Å². The quantitative estimate of drug-likeness (QED) is 0.651. The summed E-state index contributed by atoms with van der Waals surface area (Å²) in [7, 11) is 0. The van der Waals surface area contributed by atoms with Crippen LogP contribution in [0.5, 0.6) is 0 Å². The molecule has 0 fully saturated rings. The smallest absolute Gasteiger partial charge is 0.00104 e. The van der Waals surface area contributed by atoms with E-state index in [9.17, 15) is 0 Å². The van der Waals surface area contributed by atoms with Crippen molar-refractivity contribution in [3.8, 4) is 0 Å². The van der Waals surface area contributed by atoms with E-state index in [0.717, 1.165) is 12.5 Å². The Balaban J connectivity index is 0. The van der Waals surface area contributed by atoms with E-state index in [1.165, 1.54) is 0 Å². The normalized spacial score (nSPS) is 10.0. The van der Waals surface area contributed by atoms with Gasteiger partial charge in [-0.1, -0.05) is 27.7 Å². The molecule has 0 spiro atoms. The third-order valence-electron chi connectivity index (χ3n) is 0.934. The Hall–Kier alpha value is 0.250. The van der Waals surface area contributed by atoms with Gasteiger partial charge in [0.05, 0.1) is 0 Å². The van der Waals surface area contributed by atoms with Crippen molar-refractivity contribution in [3.63, 3.8) is 0 Å². The van der Waals surface area contributed by atoms with E-state index in [4.69, 9.17) is 0 Å². The molecule has 0 saturated heterocycles. The van der Waals surface area contributed by atoms with Crippen LogP contribution in [0.2, 0.25) is 0 Å². The SMILES string of the molecule is CC(C)CNC(C)C.Cl. The summed E-state index contributed by atoms with van der Waals surface area (Å²) in [5.74, 6) is 0.775. The molecule has 0 unspecified atom stereocenters. The zero-order valence-corrected chi connectivity index (χ0v) is 7.59. The summed E-state index contributed by atoms with van der Waals surface area (Å²) >= 11 is 0. The van der Waals surface area contributed by atoms with Crippen molar-refractivity contribution in [2.45, 2.75) is 33.7 Å². The van der Waals surface area contributed by atoms with Crippen molar-refractivity contribution in [3.05, 3.63) is 0 Å². The second-order valence-corrected chi connectivity index (χ2v) is 2.96. The Morgan fingerprint density at radius 1 is 1.11 bits per heavy atom. The second kappa shape index (κ2) is 6.37. The molecule has 0 aliphatic carbocycles. The van der Waals surface area contributed by atoms with Crippen molar-refractivity contribution >= 4 is 12.4 Å². The van der Waals surface area contributed by atoms with Gasteiger partial charge in [-0.05, 0) is 12.5 Å². The molecular formula is C7H18ClN. The lowest BCUT2D eigenvalue weighted by molar-refractivity contribution is 0.505. The van der Waals surface area contributed by atoms with Gasteiger partial charge >= 0.3 is 0 Å². The molecule has 0 atom stereocenters. The molecule has 0 aromatic heterocycles. The molecular weight excluding hydrogens is 134 g/mol. The molecule has 0 aromatic carbocycles. The Morgan fingerprint density at radius 3 is 1.67 bits per heavy atom. The van der Waals surface area contributed by atoms with Gasteiger partial charge in [0.2, 0.25) is 0 Å². The highest BCUT2D eigenvalue weighted by molar-refractivity contribution is 5.85. The standard InChI is InChI=1S/C7H17N.ClH/c1-6(2)5-8-7(3)4;/h6-8H,5H2,1-4H3;1H. The largest absolute Gasteiger partial charge is 0.314 e. The minimum Gasteiger partial charge on any atom is -0.314 e. The van der Waals surface area contributed by atoms with Crippen LogP contribution < -0.4 is 5.32 Å². The van der Waals surface area contributed by atoms with Gasteiger partial charge in [-0.25, -0.2) is 0 Å². The average molecular weight is 152 g/mol. The van der Waals surface area contributed by atoms with Crippen LogP contribution in [-0.4, -0.2) is 12.6 Å². The van der Waals surface area contributed by atoms with E-state index in [1.807, 2.05) is 0 Å². The van der Waals surface area contributed by atoms with Crippen molar-refractivity contribution in [1.82, 2.24) is 5.32 Å². The van der Waals surface area contributed by atoms with Gasteiger partial charge in [0.15, 0.2) is 0 Å². The van der Waals surface area contributed by atoms with Crippen LogP contribution in [0.1, 0.15) is 27.7 Å². The number of rotatable bonds is 3. The lowest BCUT2D eigenvalue weighted by atomic mass is 10.2. The third-order valence-corrected chi connectivity index (χ3v) is 0.934. The maximum absolute atomic E-state index is 3.34. The molecule has 0 bridgehead atoms. The number of hydrogen-bond acceptors (Lipinski definition) is 1. The van der Waals surface area contributed by atoms with Gasteiger partial charge < -0.3 is 5.32 Å². The highest BCUT2D eigenvalue weighted by Gasteiger charge is 1.93. The van der Waals surface area contributed by atoms with E-state index >= 15 is 0 Å². The molecule has 2 heteroatoms. The third kappa shape index (κ3) is 11.7. The van der Waals surface area contributed by atoms with Crippen LogP contribution in [0.4, 0.5) is 0 Å². The van der Waals surface area contributed by atoms with Crippen molar-refractivity contribution in [2.75, 3.05) is 6.54 Å². The first-order valence-electron chi connectivity index (χ1n) is 3.36. The molecule has 0 rings (SSSR count). The summed E-state index contributed by atoms with van der Waals surface area (Å²) in [5, 5.41) is 3.34. The average Bonchev–Trinajstić information content (AvgIpc) is 1.61. The van der Waals surface area contributed by atoms with Crippen LogP contribution in [0.15, 0.2) is 0 Å². The number of hydrogen-bond donors (Lipinski definition) is 1. The minimum atomic E-state index is 0. The summed E-state index contributed by atoms with van der Waals surface area (Å²) < 4.78 is 0. The highest BCUT2D eigenvalue weighted by atomic mass is 35.5. The Labute approximate surface area is 64.6 Å². The summed E-state index contributed by atoms with van der Waals surface area (Å²) in [6, 6.07) is 0.636. The van der Waals surface area contributed by atoms with Gasteiger partial charge in [-0.15, -0.1) is 12.4 Å². The fourth-order valence-corrected chi connectivity index (χ4v) is 0.471. The zero-order valence-electron chi connectivity index (χ0n) is 6.77. The summed E-state index contributed by atoms with van der Waals surface area (Å²) in [5.41, 5.74) is 0. The molecule has 58 valence electrons. The lowest BCUT2D eigenvalue weighted by Gasteiger charge is -2.09. The van der Waals surface area contributed by atoms with Crippen molar-refractivity contribution < 1.29 is 0 Å². The molecule has 0 aliphatic heterocycles. The predicted octanol–water partition coefficient (Wildman–Crippen LogP) is 2.06. The van der Waals surface area contributed by atoms with E-state index < -0.39 is 0 Å². The topological polar surface area (TPSA) is 12.0 Å².